The van der Waals surface area contributed by atoms with E-state index >= 15 is 0 Å². The number of aromatic amines is 1. The molecule has 4 rings (SSSR count). The number of para-hydroxylation sites is 1. The van der Waals surface area contributed by atoms with Crippen LogP contribution in [-0.4, -0.2) is 28.0 Å². The number of H-pyrrole nitrogens is 1. The number of hydrogen-bond acceptors (Lipinski definition) is 4. The van der Waals surface area contributed by atoms with E-state index in [2.05, 4.69) is 44.5 Å². The molecule has 0 unspecified atom stereocenters. The Morgan fingerprint density at radius 3 is 2.56 bits per heavy atom. The zero-order valence-electron chi connectivity index (χ0n) is 14.2. The molecule has 1 aliphatic heterocycles. The van der Waals surface area contributed by atoms with Gasteiger partial charge in [0.05, 0.1) is 10.9 Å². The number of likely N-dealkylation sites (tertiary alicyclic amines) is 1. The summed E-state index contributed by atoms with van der Waals surface area (Å²) >= 11 is 0. The number of fused-ring (bicyclic) bond motifs is 1. The molecule has 1 saturated heterocycles. The van der Waals surface area contributed by atoms with Gasteiger partial charge in [-0.15, -0.1) is 0 Å². The first-order valence-electron chi connectivity index (χ1n) is 8.82. The number of nitrogens with one attached hydrogen (secondary N) is 2. The summed E-state index contributed by atoms with van der Waals surface area (Å²) in [5.74, 6) is 0.514. The first-order valence-corrected chi connectivity index (χ1v) is 8.82. The Kier molecular flexibility index (Phi) is 4.48. The van der Waals surface area contributed by atoms with Gasteiger partial charge >= 0.3 is 0 Å². The molecule has 1 aromatic heterocycles. The maximum absolute atomic E-state index is 12.2. The molecule has 2 heterocycles. The average Bonchev–Trinajstić information content (AvgIpc) is 3.14. The lowest BCUT2D eigenvalue weighted by Crippen LogP contribution is -2.20. The van der Waals surface area contributed by atoms with Crippen LogP contribution >= 0.6 is 0 Å². The molecular formula is C20H22N4O. The minimum Gasteiger partial charge on any atom is -0.352 e. The second kappa shape index (κ2) is 7.07. The zero-order chi connectivity index (χ0) is 17.1. The monoisotopic (exact) mass is 334 g/mol. The van der Waals surface area contributed by atoms with E-state index in [1.807, 2.05) is 18.2 Å². The standard InChI is InChI=1S/C20H22N4O/c25-19-17-9-3-4-10-18(17)22-20(23-19)21-13-15-7-1-2-8-16(15)14-24-11-5-6-12-24/h1-4,7-10H,5-6,11-14H2,(H2,21,22,23,25). The second-order valence-corrected chi connectivity index (χ2v) is 6.54. The molecule has 5 nitrogen and oxygen atoms in total. The summed E-state index contributed by atoms with van der Waals surface area (Å²) in [7, 11) is 0. The highest BCUT2D eigenvalue weighted by atomic mass is 16.1. The first-order chi connectivity index (χ1) is 12.3. The Balaban J connectivity index is 1.52. The molecule has 5 heteroatoms. The van der Waals surface area contributed by atoms with Crippen molar-refractivity contribution < 1.29 is 0 Å². The van der Waals surface area contributed by atoms with Crippen molar-refractivity contribution in [3.63, 3.8) is 0 Å². The third-order valence-electron chi connectivity index (χ3n) is 4.77. The first kappa shape index (κ1) is 15.8. The smallest absolute Gasteiger partial charge is 0.260 e. The minimum absolute atomic E-state index is 0.113. The molecule has 0 saturated carbocycles. The Morgan fingerprint density at radius 2 is 1.72 bits per heavy atom. The number of hydrogen-bond donors (Lipinski definition) is 2. The normalized spacial score (nSPS) is 14.9. The fourth-order valence-electron chi connectivity index (χ4n) is 3.41. The number of nitrogens with zero attached hydrogens (tertiary/aromatic N) is 2. The molecule has 1 fully saturated rings. The summed E-state index contributed by atoms with van der Waals surface area (Å²) in [5.41, 5.74) is 3.17. The number of benzene rings is 2. The van der Waals surface area contributed by atoms with Crippen LogP contribution in [0.5, 0.6) is 0 Å². The molecule has 0 bridgehead atoms. The van der Waals surface area contributed by atoms with E-state index < -0.39 is 0 Å². The van der Waals surface area contributed by atoms with Crippen molar-refractivity contribution in [2.45, 2.75) is 25.9 Å². The Hall–Kier alpha value is -2.66. The maximum Gasteiger partial charge on any atom is 0.260 e. The molecule has 2 aromatic carbocycles. The van der Waals surface area contributed by atoms with Gasteiger partial charge < -0.3 is 5.32 Å². The average molecular weight is 334 g/mol. The molecule has 128 valence electrons. The SMILES string of the molecule is O=c1[nH]c(NCc2ccccc2CN2CCCC2)nc2ccccc12. The molecule has 0 amide bonds. The summed E-state index contributed by atoms with van der Waals surface area (Å²) in [6.07, 6.45) is 2.59. The summed E-state index contributed by atoms with van der Waals surface area (Å²) in [6, 6.07) is 15.9. The Bertz CT molecular complexity index is 928. The van der Waals surface area contributed by atoms with Gasteiger partial charge in [-0.2, -0.15) is 0 Å². The Labute approximate surface area is 146 Å². The number of anilines is 1. The van der Waals surface area contributed by atoms with Gasteiger partial charge in [-0.1, -0.05) is 36.4 Å². The van der Waals surface area contributed by atoms with E-state index in [4.69, 9.17) is 0 Å². The highest BCUT2D eigenvalue weighted by Gasteiger charge is 2.13. The minimum atomic E-state index is -0.113. The van der Waals surface area contributed by atoms with Gasteiger partial charge in [0.1, 0.15) is 0 Å². The van der Waals surface area contributed by atoms with Crippen molar-refractivity contribution in [1.82, 2.24) is 14.9 Å². The van der Waals surface area contributed by atoms with Crippen LogP contribution in [-0.2, 0) is 13.1 Å². The lowest BCUT2D eigenvalue weighted by Gasteiger charge is -2.17. The molecule has 0 radical (unpaired) electrons. The molecule has 3 aromatic rings. The van der Waals surface area contributed by atoms with Crippen molar-refractivity contribution in [3.05, 3.63) is 70.0 Å². The van der Waals surface area contributed by atoms with E-state index in [0.29, 0.717) is 23.4 Å². The van der Waals surface area contributed by atoms with Crippen molar-refractivity contribution >= 4 is 16.9 Å². The quantitative estimate of drug-likeness (QED) is 0.752. The van der Waals surface area contributed by atoms with Crippen LogP contribution in [0.2, 0.25) is 0 Å². The van der Waals surface area contributed by atoms with E-state index in [-0.39, 0.29) is 5.56 Å². The lowest BCUT2D eigenvalue weighted by molar-refractivity contribution is 0.330. The topological polar surface area (TPSA) is 61.0 Å². The summed E-state index contributed by atoms with van der Waals surface area (Å²) in [6.45, 7) is 3.99. The van der Waals surface area contributed by atoms with Gasteiger partial charge in [0, 0.05) is 13.1 Å². The highest BCUT2D eigenvalue weighted by molar-refractivity contribution is 5.78. The van der Waals surface area contributed by atoms with Crippen molar-refractivity contribution in [1.29, 1.82) is 0 Å². The molecule has 25 heavy (non-hydrogen) atoms. The molecule has 0 aliphatic carbocycles. The predicted molar refractivity (Wildman–Crippen MR) is 101 cm³/mol. The summed E-state index contributed by atoms with van der Waals surface area (Å²) in [5, 5.41) is 3.89. The lowest BCUT2D eigenvalue weighted by atomic mass is 10.1. The van der Waals surface area contributed by atoms with Gasteiger partial charge in [0.2, 0.25) is 5.95 Å². The molecule has 1 aliphatic rings. The summed E-state index contributed by atoms with van der Waals surface area (Å²) < 4.78 is 0. The summed E-state index contributed by atoms with van der Waals surface area (Å²) in [4.78, 5) is 22.0. The molecule has 0 spiro atoms. The maximum atomic E-state index is 12.2. The van der Waals surface area contributed by atoms with Crippen molar-refractivity contribution in [2.75, 3.05) is 18.4 Å². The van der Waals surface area contributed by atoms with Crippen LogP contribution in [0.25, 0.3) is 10.9 Å². The second-order valence-electron chi connectivity index (χ2n) is 6.54. The van der Waals surface area contributed by atoms with Crippen LogP contribution in [0, 0.1) is 0 Å². The van der Waals surface area contributed by atoms with Gasteiger partial charge in [-0.05, 0) is 49.2 Å². The number of aromatic nitrogens is 2. The van der Waals surface area contributed by atoms with Crippen LogP contribution in [0.4, 0.5) is 5.95 Å². The molecular weight excluding hydrogens is 312 g/mol. The van der Waals surface area contributed by atoms with E-state index in [0.717, 1.165) is 6.54 Å². The van der Waals surface area contributed by atoms with Crippen LogP contribution in [0.15, 0.2) is 53.3 Å². The van der Waals surface area contributed by atoms with Gasteiger partial charge in [-0.3, -0.25) is 14.7 Å². The van der Waals surface area contributed by atoms with Crippen molar-refractivity contribution in [3.8, 4) is 0 Å². The fourth-order valence-corrected chi connectivity index (χ4v) is 3.41. The zero-order valence-corrected chi connectivity index (χ0v) is 14.2. The van der Waals surface area contributed by atoms with Gasteiger partial charge in [0.15, 0.2) is 0 Å². The third kappa shape index (κ3) is 3.56. The van der Waals surface area contributed by atoms with Crippen LogP contribution in [0.3, 0.4) is 0 Å². The third-order valence-corrected chi connectivity index (χ3v) is 4.77. The van der Waals surface area contributed by atoms with Crippen LogP contribution < -0.4 is 10.9 Å². The van der Waals surface area contributed by atoms with E-state index in [1.165, 1.54) is 37.1 Å². The molecule has 0 atom stereocenters. The fraction of sp³-hybridized carbons (Fsp3) is 0.300. The van der Waals surface area contributed by atoms with Crippen LogP contribution in [0.1, 0.15) is 24.0 Å². The largest absolute Gasteiger partial charge is 0.352 e. The van der Waals surface area contributed by atoms with Crippen molar-refractivity contribution in [2.24, 2.45) is 0 Å². The number of rotatable bonds is 5. The van der Waals surface area contributed by atoms with Gasteiger partial charge in [-0.25, -0.2) is 4.98 Å². The van der Waals surface area contributed by atoms with E-state index in [1.54, 1.807) is 6.07 Å². The highest BCUT2D eigenvalue weighted by Crippen LogP contribution is 2.17. The molecule has 2 N–H and O–H groups in total. The van der Waals surface area contributed by atoms with Gasteiger partial charge in [0.25, 0.3) is 5.56 Å². The van der Waals surface area contributed by atoms with E-state index in [9.17, 15) is 4.79 Å². The Morgan fingerprint density at radius 1 is 1.00 bits per heavy atom. The predicted octanol–water partition coefficient (Wildman–Crippen LogP) is 3.13.